The Hall–Kier alpha value is -2.58. The van der Waals surface area contributed by atoms with E-state index in [1.807, 2.05) is 37.5 Å². The van der Waals surface area contributed by atoms with E-state index in [1.165, 1.54) is 11.8 Å². The van der Waals surface area contributed by atoms with Crippen LogP contribution in [-0.4, -0.2) is 31.6 Å². The summed E-state index contributed by atoms with van der Waals surface area (Å²) in [5, 5.41) is 16.5. The van der Waals surface area contributed by atoms with Crippen molar-refractivity contribution in [1.29, 1.82) is 0 Å². The summed E-state index contributed by atoms with van der Waals surface area (Å²) in [4.78, 5) is 12.3. The lowest BCUT2D eigenvalue weighted by atomic mass is 9.92. The molecule has 1 amide bonds. The fourth-order valence-corrected chi connectivity index (χ4v) is 3.37. The van der Waals surface area contributed by atoms with E-state index in [1.54, 1.807) is 24.3 Å². The summed E-state index contributed by atoms with van der Waals surface area (Å²) in [6, 6.07) is 9.09. The van der Waals surface area contributed by atoms with Gasteiger partial charge in [-0.3, -0.25) is 14.7 Å². The number of carbonyl (C=O) groups excluding carboxylic acids is 1. The van der Waals surface area contributed by atoms with Gasteiger partial charge in [-0.05, 0) is 24.3 Å². The van der Waals surface area contributed by atoms with Crippen LogP contribution in [-0.2, 0) is 16.8 Å². The number of allylic oxidation sites excluding steroid dienone is 1. The van der Waals surface area contributed by atoms with Crippen LogP contribution < -0.4 is 5.32 Å². The largest absolute Gasteiger partial charge is 0.338 e. The molecule has 2 aromatic heterocycles. The minimum atomic E-state index is -0.215. The van der Waals surface area contributed by atoms with Gasteiger partial charge in [-0.25, -0.2) is 0 Å². The van der Waals surface area contributed by atoms with Crippen molar-refractivity contribution in [3.05, 3.63) is 53.7 Å². The number of nitrogens with zero attached hydrogens (tertiary/aromatic N) is 4. The molecule has 29 heavy (non-hydrogen) atoms. The van der Waals surface area contributed by atoms with Crippen LogP contribution in [0.1, 0.15) is 26.5 Å². The third-order valence-corrected chi connectivity index (χ3v) is 5.22. The molecule has 7 nitrogen and oxygen atoms in total. The van der Waals surface area contributed by atoms with Crippen LogP contribution in [0.25, 0.3) is 11.4 Å². The molecule has 0 fully saturated rings. The number of hydrogen-bond acceptors (Lipinski definition) is 6. The standard InChI is InChI=1S/C20H22ClN5O2S/c1-5-10-26-18(13-6-8-14(21)9-7-13)23-24-19(26)29-12-16(27)22-17-11-15(25-28-17)20(2,3)4/h5-9,11H,1,10,12H2,2-4H3,(H,22,27). The van der Waals surface area contributed by atoms with Crippen molar-refractivity contribution in [3.63, 3.8) is 0 Å². The van der Waals surface area contributed by atoms with E-state index in [4.69, 9.17) is 16.1 Å². The molecule has 0 saturated carbocycles. The Labute approximate surface area is 178 Å². The summed E-state index contributed by atoms with van der Waals surface area (Å²) in [6.45, 7) is 10.4. The van der Waals surface area contributed by atoms with Gasteiger partial charge in [-0.15, -0.1) is 16.8 Å². The summed E-state index contributed by atoms with van der Waals surface area (Å²) in [6.07, 6.45) is 1.76. The van der Waals surface area contributed by atoms with Gasteiger partial charge in [0.1, 0.15) is 0 Å². The number of hydrogen-bond donors (Lipinski definition) is 1. The maximum absolute atomic E-state index is 12.3. The Kier molecular flexibility index (Phi) is 6.44. The highest BCUT2D eigenvalue weighted by atomic mass is 35.5. The molecule has 9 heteroatoms. The minimum absolute atomic E-state index is 0.152. The summed E-state index contributed by atoms with van der Waals surface area (Å²) in [5.41, 5.74) is 1.51. The maximum Gasteiger partial charge on any atom is 0.237 e. The van der Waals surface area contributed by atoms with Crippen LogP contribution in [0.2, 0.25) is 5.02 Å². The average molecular weight is 432 g/mol. The number of anilines is 1. The SMILES string of the molecule is C=CCn1c(SCC(=O)Nc2cc(C(C)(C)C)no2)nnc1-c1ccc(Cl)cc1. The number of amides is 1. The second kappa shape index (κ2) is 8.84. The van der Waals surface area contributed by atoms with Crippen LogP contribution in [0, 0.1) is 0 Å². The molecule has 0 unspecified atom stereocenters. The number of thioether (sulfide) groups is 1. The van der Waals surface area contributed by atoms with Crippen molar-refractivity contribution in [2.75, 3.05) is 11.1 Å². The number of aromatic nitrogens is 4. The lowest BCUT2D eigenvalue weighted by Gasteiger charge is -2.12. The molecule has 0 spiro atoms. The van der Waals surface area contributed by atoms with Crippen molar-refractivity contribution >= 4 is 35.2 Å². The molecule has 152 valence electrons. The van der Waals surface area contributed by atoms with Crippen molar-refractivity contribution in [3.8, 4) is 11.4 Å². The first-order valence-corrected chi connectivity index (χ1v) is 10.3. The van der Waals surface area contributed by atoms with E-state index < -0.39 is 0 Å². The van der Waals surface area contributed by atoms with Crippen LogP contribution in [0.3, 0.4) is 0 Å². The zero-order valence-corrected chi connectivity index (χ0v) is 18.0. The van der Waals surface area contributed by atoms with E-state index in [2.05, 4.69) is 27.2 Å². The number of rotatable bonds is 7. The summed E-state index contributed by atoms with van der Waals surface area (Å²) < 4.78 is 7.10. The monoisotopic (exact) mass is 431 g/mol. The van der Waals surface area contributed by atoms with Gasteiger partial charge in [0.2, 0.25) is 11.8 Å². The van der Waals surface area contributed by atoms with Gasteiger partial charge in [-0.1, -0.05) is 55.4 Å². The van der Waals surface area contributed by atoms with Crippen LogP contribution in [0.5, 0.6) is 0 Å². The molecule has 0 atom stereocenters. The number of halogens is 1. The Morgan fingerprint density at radius 1 is 1.31 bits per heavy atom. The predicted octanol–water partition coefficient (Wildman–Crippen LogP) is 4.80. The Morgan fingerprint density at radius 2 is 2.03 bits per heavy atom. The number of benzene rings is 1. The van der Waals surface area contributed by atoms with Gasteiger partial charge >= 0.3 is 0 Å². The van der Waals surface area contributed by atoms with Gasteiger partial charge in [0.15, 0.2) is 11.0 Å². The quantitative estimate of drug-likeness (QED) is 0.427. The Balaban J connectivity index is 1.68. The normalized spacial score (nSPS) is 11.4. The van der Waals surface area contributed by atoms with E-state index in [-0.39, 0.29) is 17.1 Å². The fourth-order valence-electron chi connectivity index (χ4n) is 2.49. The molecule has 0 aliphatic carbocycles. The molecule has 1 aromatic carbocycles. The summed E-state index contributed by atoms with van der Waals surface area (Å²) >= 11 is 7.25. The maximum atomic E-state index is 12.3. The smallest absolute Gasteiger partial charge is 0.237 e. The second-order valence-electron chi connectivity index (χ2n) is 7.38. The second-order valence-corrected chi connectivity index (χ2v) is 8.75. The molecule has 0 radical (unpaired) electrons. The first kappa shape index (κ1) is 21.1. The predicted molar refractivity (Wildman–Crippen MR) is 115 cm³/mol. The van der Waals surface area contributed by atoms with Crippen molar-refractivity contribution in [2.45, 2.75) is 37.9 Å². The number of carbonyl (C=O) groups is 1. The first-order valence-electron chi connectivity index (χ1n) is 8.98. The zero-order chi connectivity index (χ0) is 21.0. The van der Waals surface area contributed by atoms with E-state index >= 15 is 0 Å². The minimum Gasteiger partial charge on any atom is -0.338 e. The highest BCUT2D eigenvalue weighted by molar-refractivity contribution is 7.99. The van der Waals surface area contributed by atoms with Gasteiger partial charge < -0.3 is 4.52 Å². The van der Waals surface area contributed by atoms with Crippen molar-refractivity contribution in [1.82, 2.24) is 19.9 Å². The molecule has 3 rings (SSSR count). The molecule has 0 aliphatic heterocycles. The van der Waals surface area contributed by atoms with E-state index in [0.717, 1.165) is 11.3 Å². The highest BCUT2D eigenvalue weighted by Gasteiger charge is 2.20. The topological polar surface area (TPSA) is 85.8 Å². The zero-order valence-electron chi connectivity index (χ0n) is 16.5. The van der Waals surface area contributed by atoms with Crippen molar-refractivity contribution in [2.24, 2.45) is 0 Å². The molecule has 2 heterocycles. The van der Waals surface area contributed by atoms with Crippen LogP contribution in [0.4, 0.5) is 5.88 Å². The number of nitrogens with one attached hydrogen (secondary N) is 1. The van der Waals surface area contributed by atoms with Gasteiger partial charge in [0.05, 0.1) is 11.4 Å². The molecule has 0 aliphatic rings. The van der Waals surface area contributed by atoms with Crippen molar-refractivity contribution < 1.29 is 9.32 Å². The summed E-state index contributed by atoms with van der Waals surface area (Å²) in [5.74, 6) is 0.957. The highest BCUT2D eigenvalue weighted by Crippen LogP contribution is 2.26. The Bertz CT molecular complexity index is 1000. The molecule has 3 aromatic rings. The third kappa shape index (κ3) is 5.27. The van der Waals surface area contributed by atoms with E-state index in [0.29, 0.717) is 28.4 Å². The van der Waals surface area contributed by atoms with Crippen LogP contribution >= 0.6 is 23.4 Å². The Morgan fingerprint density at radius 3 is 2.66 bits per heavy atom. The van der Waals surface area contributed by atoms with Gasteiger partial charge in [0.25, 0.3) is 0 Å². The lowest BCUT2D eigenvalue weighted by molar-refractivity contribution is -0.113. The van der Waals surface area contributed by atoms with Gasteiger partial charge in [-0.2, -0.15) is 0 Å². The molecule has 0 saturated heterocycles. The van der Waals surface area contributed by atoms with Crippen LogP contribution in [0.15, 0.2) is 52.7 Å². The fraction of sp³-hybridized carbons (Fsp3) is 0.300. The third-order valence-electron chi connectivity index (χ3n) is 4.00. The van der Waals surface area contributed by atoms with Gasteiger partial charge in [0, 0.05) is 28.6 Å². The van der Waals surface area contributed by atoms with E-state index in [9.17, 15) is 4.79 Å². The molecular weight excluding hydrogens is 410 g/mol. The molecule has 0 bridgehead atoms. The lowest BCUT2D eigenvalue weighted by Crippen LogP contribution is -2.14. The molecule has 1 N–H and O–H groups in total. The summed E-state index contributed by atoms with van der Waals surface area (Å²) in [7, 11) is 0. The molecular formula is C20H22ClN5O2S. The first-order chi connectivity index (χ1) is 13.8. The average Bonchev–Trinajstić information content (AvgIpc) is 3.28.